The van der Waals surface area contributed by atoms with Crippen molar-refractivity contribution in [3.05, 3.63) is 34.3 Å². The zero-order chi connectivity index (χ0) is 13.0. The Morgan fingerprint density at radius 3 is 2.76 bits per heavy atom. The molecule has 4 N–H and O–H groups in total. The van der Waals surface area contributed by atoms with E-state index in [4.69, 9.17) is 22.5 Å². The van der Waals surface area contributed by atoms with Crippen LogP contribution in [0.4, 0.5) is 0 Å². The molecule has 0 bridgehead atoms. The number of oxime groups is 1. The Kier molecular flexibility index (Phi) is 4.34. The number of amidine groups is 1. The van der Waals surface area contributed by atoms with Crippen molar-refractivity contribution in [2.75, 3.05) is 0 Å². The molecule has 0 aliphatic carbocycles. The monoisotopic (exact) mass is 255 g/mol. The summed E-state index contributed by atoms with van der Waals surface area (Å²) in [5.41, 5.74) is 6.68. The Labute approximate surface area is 104 Å². The summed E-state index contributed by atoms with van der Waals surface area (Å²) in [5, 5.41) is 14.4. The number of benzene rings is 1. The van der Waals surface area contributed by atoms with Gasteiger partial charge < -0.3 is 16.3 Å². The highest BCUT2D eigenvalue weighted by molar-refractivity contribution is 6.31. The van der Waals surface area contributed by atoms with Crippen molar-refractivity contribution in [1.82, 2.24) is 5.32 Å². The number of nitrogens with zero attached hydrogens (tertiary/aromatic N) is 1. The summed E-state index contributed by atoms with van der Waals surface area (Å²) in [5.74, 6) is -0.387. The fourth-order valence-electron chi connectivity index (χ4n) is 1.17. The average molecular weight is 256 g/mol. The molecule has 1 aromatic carbocycles. The van der Waals surface area contributed by atoms with E-state index in [2.05, 4.69) is 10.5 Å². The maximum atomic E-state index is 11.8. The molecular formula is C11H14ClN3O2. The first-order chi connectivity index (χ1) is 7.95. The van der Waals surface area contributed by atoms with Gasteiger partial charge in [0.05, 0.1) is 6.04 Å². The molecule has 17 heavy (non-hydrogen) atoms. The van der Waals surface area contributed by atoms with Gasteiger partial charge in [-0.2, -0.15) is 0 Å². The van der Waals surface area contributed by atoms with Crippen LogP contribution in [0, 0.1) is 6.92 Å². The van der Waals surface area contributed by atoms with Crippen LogP contribution in [0.15, 0.2) is 23.4 Å². The van der Waals surface area contributed by atoms with Crippen LogP contribution in [-0.4, -0.2) is 23.0 Å². The first-order valence-electron chi connectivity index (χ1n) is 5.00. The maximum absolute atomic E-state index is 11.8. The van der Waals surface area contributed by atoms with E-state index in [9.17, 15) is 4.79 Å². The van der Waals surface area contributed by atoms with Crippen LogP contribution in [0.5, 0.6) is 0 Å². The molecule has 1 aromatic rings. The number of hydrogen-bond donors (Lipinski definition) is 3. The normalized spacial score (nSPS) is 13.2. The van der Waals surface area contributed by atoms with Gasteiger partial charge in [-0.05, 0) is 31.5 Å². The highest BCUT2D eigenvalue weighted by Crippen LogP contribution is 2.16. The van der Waals surface area contributed by atoms with Crippen molar-refractivity contribution in [3.63, 3.8) is 0 Å². The van der Waals surface area contributed by atoms with Crippen LogP contribution in [0.25, 0.3) is 0 Å². The summed E-state index contributed by atoms with van der Waals surface area (Å²) >= 11 is 5.92. The molecule has 0 heterocycles. The molecule has 0 aromatic heterocycles. The SMILES string of the molecule is Cc1ccc(C(=O)NC(C)C(N)=NO)cc1Cl. The molecule has 1 atom stereocenters. The van der Waals surface area contributed by atoms with Crippen LogP contribution in [0.2, 0.25) is 5.02 Å². The maximum Gasteiger partial charge on any atom is 0.251 e. The van der Waals surface area contributed by atoms with Crippen LogP contribution < -0.4 is 11.1 Å². The second kappa shape index (κ2) is 5.54. The van der Waals surface area contributed by atoms with Crippen LogP contribution >= 0.6 is 11.6 Å². The van der Waals surface area contributed by atoms with E-state index in [0.29, 0.717) is 10.6 Å². The Balaban J connectivity index is 2.80. The van der Waals surface area contributed by atoms with Gasteiger partial charge in [0.2, 0.25) is 0 Å². The number of nitrogens with two attached hydrogens (primary N) is 1. The average Bonchev–Trinajstić information content (AvgIpc) is 2.31. The molecule has 1 amide bonds. The molecule has 0 saturated carbocycles. The van der Waals surface area contributed by atoms with Crippen molar-refractivity contribution in [1.29, 1.82) is 0 Å². The van der Waals surface area contributed by atoms with Crippen LogP contribution in [0.3, 0.4) is 0 Å². The topological polar surface area (TPSA) is 87.7 Å². The lowest BCUT2D eigenvalue weighted by Gasteiger charge is -2.12. The molecule has 0 aliphatic rings. The van der Waals surface area contributed by atoms with Gasteiger partial charge in [0.25, 0.3) is 5.91 Å². The van der Waals surface area contributed by atoms with Crippen molar-refractivity contribution >= 4 is 23.3 Å². The van der Waals surface area contributed by atoms with Crippen molar-refractivity contribution < 1.29 is 10.0 Å². The Morgan fingerprint density at radius 2 is 2.24 bits per heavy atom. The number of halogens is 1. The lowest BCUT2D eigenvalue weighted by Crippen LogP contribution is -2.42. The number of carbonyl (C=O) groups is 1. The summed E-state index contributed by atoms with van der Waals surface area (Å²) in [6, 6.07) is 4.44. The Morgan fingerprint density at radius 1 is 1.59 bits per heavy atom. The van der Waals surface area contributed by atoms with Gasteiger partial charge in [-0.15, -0.1) is 0 Å². The Bertz CT molecular complexity index is 460. The third kappa shape index (κ3) is 3.35. The lowest BCUT2D eigenvalue weighted by atomic mass is 10.1. The Hall–Kier alpha value is -1.75. The van der Waals surface area contributed by atoms with Gasteiger partial charge in [-0.25, -0.2) is 0 Å². The standard InChI is InChI=1S/C11H14ClN3O2/c1-6-3-4-8(5-9(6)12)11(16)14-7(2)10(13)15-17/h3-5,7,17H,1-2H3,(H2,13,15)(H,14,16). The quantitative estimate of drug-likeness (QED) is 0.331. The van der Waals surface area contributed by atoms with Crippen LogP contribution in [-0.2, 0) is 0 Å². The molecule has 1 unspecified atom stereocenters. The van der Waals surface area contributed by atoms with E-state index in [1.54, 1.807) is 25.1 Å². The molecule has 92 valence electrons. The number of aryl methyl sites for hydroxylation is 1. The summed E-state index contributed by atoms with van der Waals surface area (Å²) < 4.78 is 0. The van der Waals surface area contributed by atoms with Gasteiger partial charge in [0, 0.05) is 10.6 Å². The summed E-state index contributed by atoms with van der Waals surface area (Å²) in [7, 11) is 0. The lowest BCUT2D eigenvalue weighted by molar-refractivity contribution is 0.0948. The van der Waals surface area contributed by atoms with Crippen molar-refractivity contribution in [2.24, 2.45) is 10.9 Å². The molecule has 0 spiro atoms. The third-order valence-electron chi connectivity index (χ3n) is 2.34. The molecule has 0 fully saturated rings. The van der Waals surface area contributed by atoms with E-state index in [0.717, 1.165) is 5.56 Å². The minimum absolute atomic E-state index is 0.0587. The van der Waals surface area contributed by atoms with Gasteiger partial charge >= 0.3 is 0 Å². The predicted octanol–water partition coefficient (Wildman–Crippen LogP) is 1.51. The largest absolute Gasteiger partial charge is 0.409 e. The van der Waals surface area contributed by atoms with E-state index in [-0.39, 0.29) is 11.7 Å². The fourth-order valence-corrected chi connectivity index (χ4v) is 1.36. The van der Waals surface area contributed by atoms with Crippen LogP contribution in [0.1, 0.15) is 22.8 Å². The van der Waals surface area contributed by atoms with E-state index in [1.807, 2.05) is 6.92 Å². The fraction of sp³-hybridized carbons (Fsp3) is 0.273. The van der Waals surface area contributed by atoms with E-state index >= 15 is 0 Å². The number of rotatable bonds is 3. The van der Waals surface area contributed by atoms with Gasteiger partial charge in [0.15, 0.2) is 5.84 Å². The zero-order valence-electron chi connectivity index (χ0n) is 9.57. The molecule has 6 heteroatoms. The second-order valence-electron chi connectivity index (χ2n) is 3.68. The minimum atomic E-state index is -0.549. The number of nitrogens with one attached hydrogen (secondary N) is 1. The minimum Gasteiger partial charge on any atom is -0.409 e. The molecule has 0 saturated heterocycles. The zero-order valence-corrected chi connectivity index (χ0v) is 10.3. The molecular weight excluding hydrogens is 242 g/mol. The van der Waals surface area contributed by atoms with E-state index < -0.39 is 6.04 Å². The summed E-state index contributed by atoms with van der Waals surface area (Å²) in [6.45, 7) is 3.46. The first-order valence-corrected chi connectivity index (χ1v) is 5.38. The number of amides is 1. The number of hydrogen-bond acceptors (Lipinski definition) is 3. The van der Waals surface area contributed by atoms with Crippen molar-refractivity contribution in [2.45, 2.75) is 19.9 Å². The highest BCUT2D eigenvalue weighted by atomic mass is 35.5. The molecule has 0 aliphatic heterocycles. The predicted molar refractivity (Wildman–Crippen MR) is 66.5 cm³/mol. The van der Waals surface area contributed by atoms with Gasteiger partial charge in [-0.1, -0.05) is 22.8 Å². The first kappa shape index (κ1) is 13.3. The van der Waals surface area contributed by atoms with Crippen molar-refractivity contribution in [3.8, 4) is 0 Å². The van der Waals surface area contributed by atoms with Gasteiger partial charge in [0.1, 0.15) is 0 Å². The smallest absolute Gasteiger partial charge is 0.251 e. The molecule has 1 rings (SSSR count). The van der Waals surface area contributed by atoms with Gasteiger partial charge in [-0.3, -0.25) is 4.79 Å². The number of carbonyl (C=O) groups excluding carboxylic acids is 1. The van der Waals surface area contributed by atoms with E-state index in [1.165, 1.54) is 0 Å². The summed E-state index contributed by atoms with van der Waals surface area (Å²) in [4.78, 5) is 11.8. The summed E-state index contributed by atoms with van der Waals surface area (Å²) in [6.07, 6.45) is 0. The third-order valence-corrected chi connectivity index (χ3v) is 2.75. The molecule has 5 nitrogen and oxygen atoms in total. The molecule has 0 radical (unpaired) electrons. The second-order valence-corrected chi connectivity index (χ2v) is 4.09. The highest BCUT2D eigenvalue weighted by Gasteiger charge is 2.13.